The number of aryl methyl sites for hydroxylation is 3. The van der Waals surface area contributed by atoms with Crippen molar-refractivity contribution in [3.63, 3.8) is 0 Å². The fourth-order valence-electron chi connectivity index (χ4n) is 2.18. The Morgan fingerprint density at radius 3 is 2.20 bits per heavy atom. The van der Waals surface area contributed by atoms with Crippen LogP contribution in [0, 0.1) is 20.8 Å². The van der Waals surface area contributed by atoms with Crippen LogP contribution in [0.4, 0.5) is 0 Å². The molecule has 0 saturated carbocycles. The molecule has 0 saturated heterocycles. The van der Waals surface area contributed by atoms with Crippen LogP contribution in [-0.4, -0.2) is 5.88 Å². The van der Waals surface area contributed by atoms with Crippen LogP contribution in [0.15, 0.2) is 18.2 Å². The average molecular weight is 223 g/mol. The van der Waals surface area contributed by atoms with Crippen LogP contribution in [0.5, 0.6) is 0 Å². The molecule has 15 heavy (non-hydrogen) atoms. The molecule has 0 aliphatic heterocycles. The predicted molar refractivity (Wildman–Crippen MR) is 69.6 cm³/mol. The van der Waals surface area contributed by atoms with E-state index in [1.165, 1.54) is 27.8 Å². The zero-order valence-electron chi connectivity index (χ0n) is 10.0. The number of hydrogen-bond acceptors (Lipinski definition) is 0. The quantitative estimate of drug-likeness (QED) is 0.654. The fraction of sp³-hybridized carbons (Fsp3) is 0.429. The fourth-order valence-corrected chi connectivity index (χ4v) is 2.28. The summed E-state index contributed by atoms with van der Waals surface area (Å²) in [6.07, 6.45) is 3.16. The molecule has 82 valence electrons. The first-order valence-electron chi connectivity index (χ1n) is 5.37. The van der Waals surface area contributed by atoms with Gasteiger partial charge in [0, 0.05) is 5.88 Å². The maximum atomic E-state index is 5.69. The summed E-state index contributed by atoms with van der Waals surface area (Å²) in [5.41, 5.74) is 6.77. The van der Waals surface area contributed by atoms with Gasteiger partial charge in [-0.05, 0) is 56.4 Å². The van der Waals surface area contributed by atoms with Crippen LogP contribution in [0.3, 0.4) is 0 Å². The summed E-state index contributed by atoms with van der Waals surface area (Å²) in [5.74, 6) is 0.696. The van der Waals surface area contributed by atoms with Crippen molar-refractivity contribution >= 4 is 17.2 Å². The number of allylic oxidation sites excluding steroid dienone is 2. The lowest BCUT2D eigenvalue weighted by Gasteiger charge is -2.11. The molecule has 0 spiro atoms. The van der Waals surface area contributed by atoms with Crippen LogP contribution in [0.25, 0.3) is 5.57 Å². The smallest absolute Gasteiger partial charge is 0.0258 e. The van der Waals surface area contributed by atoms with Crippen LogP contribution < -0.4 is 0 Å². The van der Waals surface area contributed by atoms with E-state index in [0.29, 0.717) is 5.88 Å². The number of rotatable bonds is 3. The van der Waals surface area contributed by atoms with Gasteiger partial charge >= 0.3 is 0 Å². The SMILES string of the molecule is C/C(=C\CCCl)c1c(C)cc(C)cc1C. The van der Waals surface area contributed by atoms with Gasteiger partial charge in [-0.2, -0.15) is 0 Å². The lowest BCUT2D eigenvalue weighted by atomic mass is 9.94. The highest BCUT2D eigenvalue weighted by Gasteiger charge is 2.04. The summed E-state index contributed by atoms with van der Waals surface area (Å²) in [4.78, 5) is 0. The Kier molecular flexibility index (Phi) is 4.41. The molecule has 1 aromatic carbocycles. The summed E-state index contributed by atoms with van der Waals surface area (Å²) < 4.78 is 0. The number of alkyl halides is 1. The molecule has 0 fully saturated rings. The average Bonchev–Trinajstić information content (AvgIpc) is 2.12. The van der Waals surface area contributed by atoms with E-state index in [2.05, 4.69) is 45.9 Å². The summed E-state index contributed by atoms with van der Waals surface area (Å²) >= 11 is 5.69. The highest BCUT2D eigenvalue weighted by atomic mass is 35.5. The first-order valence-corrected chi connectivity index (χ1v) is 5.90. The van der Waals surface area contributed by atoms with Crippen LogP contribution in [-0.2, 0) is 0 Å². The van der Waals surface area contributed by atoms with E-state index in [1.54, 1.807) is 0 Å². The molecule has 0 amide bonds. The molecule has 1 aromatic rings. The lowest BCUT2D eigenvalue weighted by Crippen LogP contribution is -1.92. The van der Waals surface area contributed by atoms with E-state index < -0.39 is 0 Å². The molecule has 0 aliphatic carbocycles. The molecular weight excluding hydrogens is 204 g/mol. The molecule has 0 aromatic heterocycles. The van der Waals surface area contributed by atoms with Crippen LogP contribution in [0.1, 0.15) is 35.6 Å². The molecule has 1 heteroatoms. The molecule has 0 atom stereocenters. The first kappa shape index (κ1) is 12.3. The van der Waals surface area contributed by atoms with Gasteiger partial charge in [-0.25, -0.2) is 0 Å². The van der Waals surface area contributed by atoms with E-state index in [0.717, 1.165) is 6.42 Å². The Hall–Kier alpha value is -0.750. The number of halogens is 1. The van der Waals surface area contributed by atoms with Gasteiger partial charge in [-0.3, -0.25) is 0 Å². The minimum Gasteiger partial charge on any atom is -0.126 e. The van der Waals surface area contributed by atoms with Gasteiger partial charge in [-0.1, -0.05) is 23.8 Å². The van der Waals surface area contributed by atoms with Crippen LogP contribution in [0.2, 0.25) is 0 Å². The van der Waals surface area contributed by atoms with Gasteiger partial charge in [0.15, 0.2) is 0 Å². The Labute approximate surface area is 98.0 Å². The second-order valence-corrected chi connectivity index (χ2v) is 4.52. The van der Waals surface area contributed by atoms with Crippen molar-refractivity contribution in [1.29, 1.82) is 0 Å². The van der Waals surface area contributed by atoms with Crippen molar-refractivity contribution in [1.82, 2.24) is 0 Å². The van der Waals surface area contributed by atoms with Crippen molar-refractivity contribution in [3.05, 3.63) is 40.5 Å². The lowest BCUT2D eigenvalue weighted by molar-refractivity contribution is 1.22. The number of benzene rings is 1. The van der Waals surface area contributed by atoms with Crippen molar-refractivity contribution in [2.24, 2.45) is 0 Å². The van der Waals surface area contributed by atoms with Gasteiger partial charge in [0.2, 0.25) is 0 Å². The van der Waals surface area contributed by atoms with E-state index in [-0.39, 0.29) is 0 Å². The number of hydrogen-bond donors (Lipinski definition) is 0. The maximum absolute atomic E-state index is 5.69. The van der Waals surface area contributed by atoms with E-state index in [4.69, 9.17) is 11.6 Å². The minimum absolute atomic E-state index is 0.696. The predicted octanol–water partition coefficient (Wildman–Crippen LogP) is 4.64. The van der Waals surface area contributed by atoms with Gasteiger partial charge in [0.1, 0.15) is 0 Å². The van der Waals surface area contributed by atoms with E-state index in [1.807, 2.05) is 0 Å². The Morgan fingerprint density at radius 2 is 1.73 bits per heavy atom. The second-order valence-electron chi connectivity index (χ2n) is 4.14. The molecular formula is C14H19Cl. The Balaban J connectivity index is 3.14. The Bertz CT molecular complexity index is 352. The summed E-state index contributed by atoms with van der Waals surface area (Å²) in [6, 6.07) is 4.47. The third-order valence-electron chi connectivity index (χ3n) is 2.63. The van der Waals surface area contributed by atoms with Gasteiger partial charge in [0.25, 0.3) is 0 Å². The first-order chi connectivity index (χ1) is 7.06. The summed E-state index contributed by atoms with van der Waals surface area (Å²) in [7, 11) is 0. The van der Waals surface area contributed by atoms with Crippen molar-refractivity contribution in [2.75, 3.05) is 5.88 Å². The summed E-state index contributed by atoms with van der Waals surface area (Å²) in [6.45, 7) is 8.65. The normalized spacial score (nSPS) is 11.9. The molecule has 0 N–H and O–H groups in total. The van der Waals surface area contributed by atoms with Crippen molar-refractivity contribution < 1.29 is 0 Å². The highest BCUT2D eigenvalue weighted by molar-refractivity contribution is 6.17. The molecule has 0 heterocycles. The molecule has 1 rings (SSSR count). The molecule has 0 bridgehead atoms. The molecule has 0 radical (unpaired) electrons. The van der Waals surface area contributed by atoms with Gasteiger partial charge < -0.3 is 0 Å². The topological polar surface area (TPSA) is 0 Å². The minimum atomic E-state index is 0.696. The van der Waals surface area contributed by atoms with Crippen LogP contribution >= 0.6 is 11.6 Å². The monoisotopic (exact) mass is 222 g/mol. The van der Waals surface area contributed by atoms with Gasteiger partial charge in [-0.15, -0.1) is 11.6 Å². The zero-order valence-corrected chi connectivity index (χ0v) is 10.8. The molecule has 0 nitrogen and oxygen atoms in total. The molecule has 0 aliphatic rings. The summed E-state index contributed by atoms with van der Waals surface area (Å²) in [5, 5.41) is 0. The van der Waals surface area contributed by atoms with E-state index >= 15 is 0 Å². The van der Waals surface area contributed by atoms with Crippen molar-refractivity contribution in [2.45, 2.75) is 34.1 Å². The van der Waals surface area contributed by atoms with E-state index in [9.17, 15) is 0 Å². The third-order valence-corrected chi connectivity index (χ3v) is 2.85. The standard InChI is InChI=1S/C14H19Cl/c1-10-8-12(3)14(13(4)9-10)11(2)6-5-7-15/h6,8-9H,5,7H2,1-4H3/b11-6+. The maximum Gasteiger partial charge on any atom is 0.0258 e. The second kappa shape index (κ2) is 5.37. The zero-order chi connectivity index (χ0) is 11.4. The largest absolute Gasteiger partial charge is 0.126 e. The van der Waals surface area contributed by atoms with Crippen molar-refractivity contribution in [3.8, 4) is 0 Å². The Morgan fingerprint density at radius 1 is 1.20 bits per heavy atom. The molecule has 0 unspecified atom stereocenters. The van der Waals surface area contributed by atoms with Gasteiger partial charge in [0.05, 0.1) is 0 Å². The third kappa shape index (κ3) is 3.10. The highest BCUT2D eigenvalue weighted by Crippen LogP contribution is 2.24.